The number of hydrogen-bond acceptors (Lipinski definition) is 5. The van der Waals surface area contributed by atoms with E-state index >= 15 is 0 Å². The number of aromatic nitrogens is 5. The van der Waals surface area contributed by atoms with E-state index in [1.807, 2.05) is 77.7 Å². The van der Waals surface area contributed by atoms with Crippen LogP contribution in [0.25, 0.3) is 17.1 Å². The van der Waals surface area contributed by atoms with Gasteiger partial charge in [0.2, 0.25) is 5.91 Å². The largest absolute Gasteiger partial charge is 0.497 e. The summed E-state index contributed by atoms with van der Waals surface area (Å²) in [6, 6.07) is 17.5. The highest BCUT2D eigenvalue weighted by atomic mass is 32.1. The zero-order valence-electron chi connectivity index (χ0n) is 18.8. The highest BCUT2D eigenvalue weighted by molar-refractivity contribution is 7.71. The van der Waals surface area contributed by atoms with E-state index < -0.39 is 0 Å². The second-order valence-electron chi connectivity index (χ2n) is 7.66. The van der Waals surface area contributed by atoms with Crippen molar-refractivity contribution < 1.29 is 9.53 Å². The maximum atomic E-state index is 12.6. The molecular formula is C24H26N6O2S. The van der Waals surface area contributed by atoms with Crippen molar-refractivity contribution in [1.82, 2.24) is 29.9 Å². The first-order valence-corrected chi connectivity index (χ1v) is 11.1. The SMILES string of the molecule is COc1ccc(-c2n[nH]c(=S)n2CCC(=O)NCc2c(C)nn(-c3ccccc3)c2C)cc1. The lowest BCUT2D eigenvalue weighted by Gasteiger charge is -2.09. The van der Waals surface area contributed by atoms with Gasteiger partial charge in [-0.3, -0.25) is 14.5 Å². The van der Waals surface area contributed by atoms with Crippen LogP contribution in [0, 0.1) is 18.6 Å². The molecule has 2 heterocycles. The van der Waals surface area contributed by atoms with Crippen LogP contribution in [0.4, 0.5) is 0 Å². The fourth-order valence-corrected chi connectivity index (χ4v) is 3.95. The third kappa shape index (κ3) is 4.88. The van der Waals surface area contributed by atoms with Gasteiger partial charge in [-0.15, -0.1) is 0 Å². The molecule has 0 fully saturated rings. The molecule has 0 atom stereocenters. The van der Waals surface area contributed by atoms with Gasteiger partial charge in [0.15, 0.2) is 10.6 Å². The summed E-state index contributed by atoms with van der Waals surface area (Å²) in [6.07, 6.45) is 0.280. The van der Waals surface area contributed by atoms with Gasteiger partial charge in [0.05, 0.1) is 18.5 Å². The molecule has 0 aliphatic rings. The van der Waals surface area contributed by atoms with Crippen molar-refractivity contribution in [3.63, 3.8) is 0 Å². The number of hydrogen-bond donors (Lipinski definition) is 2. The number of amides is 1. The number of methoxy groups -OCH3 is 1. The Balaban J connectivity index is 1.41. The summed E-state index contributed by atoms with van der Waals surface area (Å²) in [5.41, 5.74) is 4.82. The number of benzene rings is 2. The van der Waals surface area contributed by atoms with Crippen LogP contribution in [0.1, 0.15) is 23.4 Å². The summed E-state index contributed by atoms with van der Waals surface area (Å²) >= 11 is 5.38. The minimum atomic E-state index is -0.0648. The monoisotopic (exact) mass is 462 g/mol. The number of aryl methyl sites for hydroxylation is 1. The van der Waals surface area contributed by atoms with Crippen LogP contribution in [0.2, 0.25) is 0 Å². The minimum Gasteiger partial charge on any atom is -0.497 e. The number of aromatic amines is 1. The molecule has 2 aromatic carbocycles. The van der Waals surface area contributed by atoms with E-state index in [0.29, 0.717) is 23.7 Å². The maximum Gasteiger partial charge on any atom is 0.222 e. The van der Waals surface area contributed by atoms with Gasteiger partial charge in [-0.1, -0.05) is 18.2 Å². The highest BCUT2D eigenvalue weighted by Crippen LogP contribution is 2.21. The van der Waals surface area contributed by atoms with E-state index in [2.05, 4.69) is 20.6 Å². The van der Waals surface area contributed by atoms with Crippen LogP contribution >= 0.6 is 12.2 Å². The van der Waals surface area contributed by atoms with Crippen LogP contribution in [-0.4, -0.2) is 37.6 Å². The smallest absolute Gasteiger partial charge is 0.222 e. The van der Waals surface area contributed by atoms with E-state index in [1.165, 1.54) is 0 Å². The van der Waals surface area contributed by atoms with Gasteiger partial charge < -0.3 is 10.1 Å². The van der Waals surface area contributed by atoms with E-state index in [0.717, 1.165) is 34.0 Å². The normalized spacial score (nSPS) is 10.9. The molecule has 0 aliphatic carbocycles. The molecule has 9 heteroatoms. The Morgan fingerprint density at radius 1 is 1.12 bits per heavy atom. The summed E-state index contributed by atoms with van der Waals surface area (Å²) < 4.78 is 9.43. The van der Waals surface area contributed by atoms with Crippen molar-refractivity contribution in [3.05, 3.63) is 76.3 Å². The van der Waals surface area contributed by atoms with Crippen LogP contribution in [-0.2, 0) is 17.9 Å². The van der Waals surface area contributed by atoms with E-state index in [4.69, 9.17) is 17.0 Å². The molecule has 0 saturated carbocycles. The average molecular weight is 463 g/mol. The van der Waals surface area contributed by atoms with Crippen molar-refractivity contribution in [2.45, 2.75) is 33.4 Å². The van der Waals surface area contributed by atoms with E-state index in [-0.39, 0.29) is 12.3 Å². The molecular weight excluding hydrogens is 436 g/mol. The summed E-state index contributed by atoms with van der Waals surface area (Å²) in [5.74, 6) is 1.39. The number of carbonyl (C=O) groups excluding carboxylic acids is 1. The van der Waals surface area contributed by atoms with Gasteiger partial charge in [0.1, 0.15) is 5.75 Å². The third-order valence-electron chi connectivity index (χ3n) is 5.57. The van der Waals surface area contributed by atoms with Crippen LogP contribution in [0.5, 0.6) is 5.75 Å². The standard InChI is InChI=1S/C24H26N6O2S/c1-16-21(17(2)30(28-16)19-7-5-4-6-8-19)15-25-22(31)13-14-29-23(26-27-24(29)33)18-9-11-20(32-3)12-10-18/h4-12H,13-15H2,1-3H3,(H,25,31)(H,27,33). The average Bonchev–Trinajstić information content (AvgIpc) is 3.35. The Morgan fingerprint density at radius 2 is 1.85 bits per heavy atom. The van der Waals surface area contributed by atoms with Gasteiger partial charge in [-0.25, -0.2) is 4.68 Å². The fraction of sp³-hybridized carbons (Fsp3) is 0.250. The molecule has 4 aromatic rings. The summed E-state index contributed by atoms with van der Waals surface area (Å²) in [5, 5.41) is 14.8. The number of para-hydroxylation sites is 1. The van der Waals surface area contributed by atoms with Crippen molar-refractivity contribution in [2.75, 3.05) is 7.11 Å². The van der Waals surface area contributed by atoms with Gasteiger partial charge in [0, 0.05) is 36.3 Å². The Bertz CT molecular complexity index is 1310. The van der Waals surface area contributed by atoms with Gasteiger partial charge in [-0.2, -0.15) is 10.2 Å². The molecule has 0 unspecified atom stereocenters. The zero-order chi connectivity index (χ0) is 23.4. The number of nitrogens with one attached hydrogen (secondary N) is 2. The molecule has 0 bridgehead atoms. The molecule has 0 spiro atoms. The predicted molar refractivity (Wildman–Crippen MR) is 129 cm³/mol. The number of nitrogens with zero attached hydrogens (tertiary/aromatic N) is 4. The third-order valence-corrected chi connectivity index (χ3v) is 5.88. The number of carbonyl (C=O) groups is 1. The summed E-state index contributed by atoms with van der Waals surface area (Å²) in [7, 11) is 1.62. The highest BCUT2D eigenvalue weighted by Gasteiger charge is 2.15. The molecule has 0 aliphatic heterocycles. The maximum absolute atomic E-state index is 12.6. The van der Waals surface area contributed by atoms with Crippen molar-refractivity contribution >= 4 is 18.1 Å². The lowest BCUT2D eigenvalue weighted by molar-refractivity contribution is -0.121. The summed E-state index contributed by atoms with van der Waals surface area (Å²) in [6.45, 7) is 4.81. The van der Waals surface area contributed by atoms with E-state index in [1.54, 1.807) is 7.11 Å². The molecule has 0 radical (unpaired) electrons. The number of ether oxygens (including phenoxy) is 1. The zero-order valence-corrected chi connectivity index (χ0v) is 19.6. The molecule has 0 saturated heterocycles. The quantitative estimate of drug-likeness (QED) is 0.385. The van der Waals surface area contributed by atoms with Gasteiger partial charge >= 0.3 is 0 Å². The Hall–Kier alpha value is -3.72. The van der Waals surface area contributed by atoms with Gasteiger partial charge in [-0.05, 0) is 62.5 Å². The molecule has 4 rings (SSSR count). The molecule has 2 aromatic heterocycles. The lowest BCUT2D eigenvalue weighted by Crippen LogP contribution is -2.24. The molecule has 33 heavy (non-hydrogen) atoms. The Morgan fingerprint density at radius 3 is 2.55 bits per heavy atom. The van der Waals surface area contributed by atoms with Crippen LogP contribution in [0.3, 0.4) is 0 Å². The lowest BCUT2D eigenvalue weighted by atomic mass is 10.2. The van der Waals surface area contributed by atoms with Gasteiger partial charge in [0.25, 0.3) is 0 Å². The van der Waals surface area contributed by atoms with Crippen molar-refractivity contribution in [1.29, 1.82) is 0 Å². The number of H-pyrrole nitrogens is 1. The first kappa shape index (κ1) is 22.5. The second kappa shape index (κ2) is 9.83. The number of rotatable bonds is 8. The van der Waals surface area contributed by atoms with E-state index in [9.17, 15) is 4.79 Å². The molecule has 8 nitrogen and oxygen atoms in total. The first-order chi connectivity index (χ1) is 16.0. The first-order valence-electron chi connectivity index (χ1n) is 10.6. The molecule has 170 valence electrons. The molecule has 2 N–H and O–H groups in total. The second-order valence-corrected chi connectivity index (χ2v) is 8.04. The minimum absolute atomic E-state index is 0.0648. The van der Waals surface area contributed by atoms with Crippen molar-refractivity contribution in [2.24, 2.45) is 0 Å². The fourth-order valence-electron chi connectivity index (χ4n) is 3.73. The molecule has 1 amide bonds. The van der Waals surface area contributed by atoms with Crippen LogP contribution in [0.15, 0.2) is 54.6 Å². The van der Waals surface area contributed by atoms with Crippen molar-refractivity contribution in [3.8, 4) is 22.8 Å². The Kier molecular flexibility index (Phi) is 6.69. The topological polar surface area (TPSA) is 89.8 Å². The predicted octanol–water partition coefficient (Wildman–Crippen LogP) is 4.13. The van der Waals surface area contributed by atoms with Crippen LogP contribution < -0.4 is 10.1 Å². The Labute approximate surface area is 197 Å². The summed E-state index contributed by atoms with van der Waals surface area (Å²) in [4.78, 5) is 12.6.